The van der Waals surface area contributed by atoms with Gasteiger partial charge in [-0.1, -0.05) is 30.3 Å². The zero-order valence-electron chi connectivity index (χ0n) is 17.3. The smallest absolute Gasteiger partial charge is 0.342 e. The number of aromatic hydroxyl groups is 1. The molecule has 1 aromatic heterocycles. The van der Waals surface area contributed by atoms with E-state index in [4.69, 9.17) is 9.15 Å². The number of hydrogen-bond acceptors (Lipinski definition) is 4. The third-order valence-corrected chi connectivity index (χ3v) is 6.66. The highest BCUT2D eigenvalue weighted by Crippen LogP contribution is 2.45. The van der Waals surface area contributed by atoms with E-state index < -0.39 is 0 Å². The zero-order valence-corrected chi connectivity index (χ0v) is 17.3. The van der Waals surface area contributed by atoms with Crippen LogP contribution >= 0.6 is 0 Å². The summed E-state index contributed by atoms with van der Waals surface area (Å²) < 4.78 is 11.3. The van der Waals surface area contributed by atoms with Gasteiger partial charge in [0.1, 0.15) is 11.5 Å². The monoisotopic (exact) mass is 396 g/mol. The first kappa shape index (κ1) is 20.2. The first-order valence-corrected chi connectivity index (χ1v) is 11.1. The van der Waals surface area contributed by atoms with Crippen molar-refractivity contribution in [1.82, 2.24) is 0 Å². The lowest BCUT2D eigenvalue weighted by molar-refractivity contribution is -0.0158. The van der Waals surface area contributed by atoms with Gasteiger partial charge in [-0.2, -0.15) is 0 Å². The Kier molecular flexibility index (Phi) is 6.39. The van der Waals surface area contributed by atoms with Crippen molar-refractivity contribution in [3.63, 3.8) is 0 Å². The van der Waals surface area contributed by atoms with Crippen molar-refractivity contribution in [2.75, 3.05) is 6.61 Å². The lowest BCUT2D eigenvalue weighted by Gasteiger charge is -2.28. The van der Waals surface area contributed by atoms with Crippen LogP contribution in [0.1, 0.15) is 68.3 Å². The molecule has 1 aliphatic carbocycles. The Morgan fingerprint density at radius 1 is 1.17 bits per heavy atom. The maximum atomic E-state index is 12.5. The van der Waals surface area contributed by atoms with Crippen LogP contribution in [0.3, 0.4) is 0 Å². The molecule has 1 saturated carbocycles. The first-order chi connectivity index (χ1) is 14.1. The van der Waals surface area contributed by atoms with Crippen molar-refractivity contribution >= 4 is 0 Å². The molecule has 1 N–H and O–H groups in total. The SMILES string of the molecule is CC1OCCCC1Cc1cc(O)c(CCCC(c2ccccc2)C2CC2)c(=O)o1. The Labute approximate surface area is 172 Å². The van der Waals surface area contributed by atoms with E-state index in [1.807, 2.05) is 0 Å². The lowest BCUT2D eigenvalue weighted by atomic mass is 9.88. The van der Waals surface area contributed by atoms with Crippen LogP contribution in [-0.4, -0.2) is 17.8 Å². The molecule has 0 amide bonds. The fourth-order valence-electron chi connectivity index (χ4n) is 4.77. The molecule has 1 saturated heterocycles. The third-order valence-electron chi connectivity index (χ3n) is 6.66. The van der Waals surface area contributed by atoms with Crippen molar-refractivity contribution in [2.24, 2.45) is 11.8 Å². The van der Waals surface area contributed by atoms with Gasteiger partial charge in [0, 0.05) is 19.1 Å². The van der Waals surface area contributed by atoms with Crippen molar-refractivity contribution in [3.05, 3.63) is 63.7 Å². The average Bonchev–Trinajstić information content (AvgIpc) is 3.54. The third kappa shape index (κ3) is 5.11. The minimum absolute atomic E-state index is 0.0864. The summed E-state index contributed by atoms with van der Waals surface area (Å²) in [6, 6.07) is 12.3. The van der Waals surface area contributed by atoms with E-state index in [0.717, 1.165) is 38.2 Å². The van der Waals surface area contributed by atoms with Gasteiger partial charge in [-0.3, -0.25) is 0 Å². The highest BCUT2D eigenvalue weighted by Gasteiger charge is 2.31. The summed E-state index contributed by atoms with van der Waals surface area (Å²) >= 11 is 0. The maximum Gasteiger partial charge on any atom is 0.342 e. The summed E-state index contributed by atoms with van der Waals surface area (Å²) in [6.07, 6.45) is 7.97. The highest BCUT2D eigenvalue weighted by molar-refractivity contribution is 5.30. The summed E-state index contributed by atoms with van der Waals surface area (Å²) in [7, 11) is 0. The van der Waals surface area contributed by atoms with E-state index >= 15 is 0 Å². The Hall–Kier alpha value is -2.07. The predicted molar refractivity (Wildman–Crippen MR) is 113 cm³/mol. The van der Waals surface area contributed by atoms with E-state index in [1.54, 1.807) is 6.07 Å². The number of rotatable bonds is 8. The summed E-state index contributed by atoms with van der Waals surface area (Å²) in [4.78, 5) is 12.5. The number of ether oxygens (including phenoxy) is 1. The molecule has 1 aliphatic heterocycles. The van der Waals surface area contributed by atoms with Gasteiger partial charge in [-0.05, 0) is 75.2 Å². The van der Waals surface area contributed by atoms with Crippen LogP contribution < -0.4 is 5.63 Å². The largest absolute Gasteiger partial charge is 0.507 e. The van der Waals surface area contributed by atoms with Crippen molar-refractivity contribution in [1.29, 1.82) is 0 Å². The van der Waals surface area contributed by atoms with Crippen LogP contribution in [-0.2, 0) is 17.6 Å². The molecule has 156 valence electrons. The molecule has 2 fully saturated rings. The van der Waals surface area contributed by atoms with Crippen molar-refractivity contribution in [3.8, 4) is 5.75 Å². The molecular weight excluding hydrogens is 364 g/mol. The van der Waals surface area contributed by atoms with Crippen molar-refractivity contribution < 1.29 is 14.3 Å². The quantitative estimate of drug-likeness (QED) is 0.665. The van der Waals surface area contributed by atoms with E-state index in [9.17, 15) is 9.90 Å². The summed E-state index contributed by atoms with van der Waals surface area (Å²) in [5.41, 5.74) is 1.43. The summed E-state index contributed by atoms with van der Waals surface area (Å²) in [6.45, 7) is 2.87. The molecule has 29 heavy (non-hydrogen) atoms. The van der Waals surface area contributed by atoms with Crippen LogP contribution in [0.25, 0.3) is 0 Å². The topological polar surface area (TPSA) is 59.7 Å². The van der Waals surface area contributed by atoms with Gasteiger partial charge in [0.2, 0.25) is 0 Å². The van der Waals surface area contributed by atoms with E-state index in [-0.39, 0.29) is 17.5 Å². The van der Waals surface area contributed by atoms with Crippen LogP contribution in [0.2, 0.25) is 0 Å². The average molecular weight is 397 g/mol. The van der Waals surface area contributed by atoms with Gasteiger partial charge in [-0.15, -0.1) is 0 Å². The lowest BCUT2D eigenvalue weighted by Crippen LogP contribution is -2.28. The van der Waals surface area contributed by atoms with Crippen LogP contribution in [0.15, 0.2) is 45.6 Å². The molecular formula is C25H32O4. The molecule has 2 aliphatic rings. The second-order valence-corrected chi connectivity index (χ2v) is 8.79. The van der Waals surface area contributed by atoms with E-state index in [2.05, 4.69) is 37.3 Å². The predicted octanol–water partition coefficient (Wildman–Crippen LogP) is 5.22. The molecule has 2 aromatic rings. The minimum atomic E-state index is -0.382. The summed E-state index contributed by atoms with van der Waals surface area (Å²) in [5, 5.41) is 10.5. The normalized spacial score (nSPS) is 23.1. The molecule has 4 rings (SSSR count). The number of benzene rings is 1. The fourth-order valence-corrected chi connectivity index (χ4v) is 4.77. The van der Waals surface area contributed by atoms with E-state index in [0.29, 0.717) is 36.0 Å². The Balaban J connectivity index is 1.38. The molecule has 3 unspecified atom stereocenters. The second kappa shape index (κ2) is 9.17. The molecule has 1 aromatic carbocycles. The van der Waals surface area contributed by atoms with Crippen LogP contribution in [0, 0.1) is 11.8 Å². The van der Waals surface area contributed by atoms with Gasteiger partial charge in [0.15, 0.2) is 0 Å². The van der Waals surface area contributed by atoms with Gasteiger partial charge in [-0.25, -0.2) is 4.79 Å². The molecule has 4 heteroatoms. The Morgan fingerprint density at radius 2 is 1.97 bits per heavy atom. The zero-order chi connectivity index (χ0) is 20.2. The van der Waals surface area contributed by atoms with Gasteiger partial charge in [0.05, 0.1) is 11.7 Å². The minimum Gasteiger partial charge on any atom is -0.507 e. The summed E-state index contributed by atoms with van der Waals surface area (Å²) in [5.74, 6) is 2.31. The molecule has 0 spiro atoms. The first-order valence-electron chi connectivity index (χ1n) is 11.1. The maximum absolute atomic E-state index is 12.5. The van der Waals surface area contributed by atoms with Crippen LogP contribution in [0.5, 0.6) is 5.75 Å². The van der Waals surface area contributed by atoms with Gasteiger partial charge < -0.3 is 14.3 Å². The van der Waals surface area contributed by atoms with Crippen LogP contribution in [0.4, 0.5) is 0 Å². The standard InChI is InChI=1S/C25H32O4/c1-17-20(9-6-14-28-17)15-21-16-24(26)23(25(27)29-21)11-5-10-22(19-12-13-19)18-7-3-2-4-8-18/h2-4,7-8,16-17,19-20,22,26H,5-6,9-15H2,1H3. The highest BCUT2D eigenvalue weighted by atomic mass is 16.5. The Bertz CT molecular complexity index is 853. The fraction of sp³-hybridized carbons (Fsp3) is 0.560. The van der Waals surface area contributed by atoms with Gasteiger partial charge >= 0.3 is 5.63 Å². The molecule has 4 nitrogen and oxygen atoms in total. The molecule has 3 atom stereocenters. The van der Waals surface area contributed by atoms with Gasteiger partial charge in [0.25, 0.3) is 0 Å². The van der Waals surface area contributed by atoms with Crippen molar-refractivity contribution in [2.45, 2.75) is 70.3 Å². The van der Waals surface area contributed by atoms with E-state index in [1.165, 1.54) is 18.4 Å². The molecule has 0 radical (unpaired) electrons. The molecule has 2 heterocycles. The Morgan fingerprint density at radius 3 is 2.66 bits per heavy atom. The second-order valence-electron chi connectivity index (χ2n) is 8.79. The molecule has 0 bridgehead atoms. The number of hydrogen-bond donors (Lipinski definition) is 1.